The maximum atomic E-state index is 5.55. The Balaban J connectivity index is 1.66. The predicted octanol–water partition coefficient (Wildman–Crippen LogP) is 3.77. The predicted molar refractivity (Wildman–Crippen MR) is 78.9 cm³/mol. The quantitative estimate of drug-likeness (QED) is 0.836. The Morgan fingerprint density at radius 1 is 1.53 bits per heavy atom. The van der Waals surface area contributed by atoms with E-state index in [0.717, 1.165) is 23.4 Å². The van der Waals surface area contributed by atoms with Crippen LogP contribution in [0.25, 0.3) is 0 Å². The molecule has 0 aromatic heterocycles. The van der Waals surface area contributed by atoms with Crippen LogP contribution in [0.4, 0.5) is 5.69 Å². The highest BCUT2D eigenvalue weighted by molar-refractivity contribution is 9.10. The van der Waals surface area contributed by atoms with Crippen molar-refractivity contribution in [2.75, 3.05) is 24.2 Å². The zero-order chi connectivity index (χ0) is 12.1. The van der Waals surface area contributed by atoms with Crippen molar-refractivity contribution < 1.29 is 4.74 Å². The van der Waals surface area contributed by atoms with E-state index in [9.17, 15) is 0 Å². The minimum Gasteiger partial charge on any atom is -0.384 e. The normalized spacial score (nSPS) is 23.9. The lowest BCUT2D eigenvalue weighted by Gasteiger charge is -2.14. The molecule has 1 aliphatic heterocycles. The summed E-state index contributed by atoms with van der Waals surface area (Å²) in [6.07, 6.45) is 1.62. The van der Waals surface area contributed by atoms with Gasteiger partial charge in [-0.1, -0.05) is 22.0 Å². The average molecular weight is 316 g/mol. The van der Waals surface area contributed by atoms with Gasteiger partial charge in [0.15, 0.2) is 0 Å². The van der Waals surface area contributed by atoms with E-state index in [1.807, 2.05) is 23.9 Å². The van der Waals surface area contributed by atoms with Crippen LogP contribution in [0.2, 0.25) is 0 Å². The number of hydrogen-bond acceptors (Lipinski definition) is 3. The molecule has 2 rings (SSSR count). The number of benzene rings is 1. The molecule has 1 aromatic carbocycles. The molecule has 1 N–H and O–H groups in total. The van der Waals surface area contributed by atoms with Gasteiger partial charge < -0.3 is 10.1 Å². The van der Waals surface area contributed by atoms with Crippen molar-refractivity contribution in [2.45, 2.75) is 24.7 Å². The van der Waals surface area contributed by atoms with Crippen LogP contribution in [0.1, 0.15) is 13.3 Å². The second-order valence-corrected chi connectivity index (χ2v) is 6.47. The van der Waals surface area contributed by atoms with Gasteiger partial charge in [-0.2, -0.15) is 11.8 Å². The Morgan fingerprint density at radius 2 is 2.41 bits per heavy atom. The smallest absolute Gasteiger partial charge is 0.0666 e. The van der Waals surface area contributed by atoms with Crippen LogP contribution in [-0.2, 0) is 4.74 Å². The van der Waals surface area contributed by atoms with E-state index in [1.54, 1.807) is 0 Å². The lowest BCUT2D eigenvalue weighted by molar-refractivity contribution is 0.127. The van der Waals surface area contributed by atoms with Crippen LogP contribution in [-0.4, -0.2) is 30.3 Å². The fourth-order valence-corrected chi connectivity index (χ4v) is 3.47. The minimum atomic E-state index is 0.422. The molecule has 0 saturated carbocycles. The Labute approximate surface area is 116 Å². The highest BCUT2D eigenvalue weighted by Gasteiger charge is 2.23. The first kappa shape index (κ1) is 13.2. The van der Waals surface area contributed by atoms with Gasteiger partial charge in [-0.25, -0.2) is 0 Å². The van der Waals surface area contributed by atoms with Gasteiger partial charge in [0.25, 0.3) is 0 Å². The molecule has 94 valence electrons. The lowest BCUT2D eigenvalue weighted by atomic mass is 10.3. The Hall–Kier alpha value is -0.190. The first-order chi connectivity index (χ1) is 8.25. The summed E-state index contributed by atoms with van der Waals surface area (Å²) in [4.78, 5) is 0. The summed E-state index contributed by atoms with van der Waals surface area (Å²) in [6, 6.07) is 8.28. The second-order valence-electron chi connectivity index (χ2n) is 4.21. The van der Waals surface area contributed by atoms with Crippen molar-refractivity contribution in [2.24, 2.45) is 0 Å². The molecular formula is C13H18BrNOS. The fraction of sp³-hybridized carbons (Fsp3) is 0.538. The number of rotatable bonds is 5. The molecule has 0 spiro atoms. The third kappa shape index (κ3) is 4.19. The van der Waals surface area contributed by atoms with Gasteiger partial charge in [0.1, 0.15) is 0 Å². The molecule has 0 aliphatic carbocycles. The summed E-state index contributed by atoms with van der Waals surface area (Å²) in [5, 5.41) is 4.11. The monoisotopic (exact) mass is 315 g/mol. The summed E-state index contributed by atoms with van der Waals surface area (Å²) in [6.45, 7) is 4.11. The molecule has 2 atom stereocenters. The van der Waals surface area contributed by atoms with Crippen molar-refractivity contribution in [3.8, 4) is 0 Å². The zero-order valence-corrected chi connectivity index (χ0v) is 12.4. The summed E-state index contributed by atoms with van der Waals surface area (Å²) >= 11 is 5.49. The van der Waals surface area contributed by atoms with Crippen LogP contribution < -0.4 is 5.32 Å². The summed E-state index contributed by atoms with van der Waals surface area (Å²) in [5.41, 5.74) is 1.18. The lowest BCUT2D eigenvalue weighted by Crippen LogP contribution is -2.16. The van der Waals surface area contributed by atoms with E-state index in [-0.39, 0.29) is 0 Å². The molecular weight excluding hydrogens is 298 g/mol. The van der Waals surface area contributed by atoms with E-state index < -0.39 is 0 Å². The molecule has 1 aliphatic rings. The molecule has 0 amide bonds. The first-order valence-electron chi connectivity index (χ1n) is 5.98. The number of anilines is 1. The molecule has 1 fully saturated rings. The van der Waals surface area contributed by atoms with Gasteiger partial charge in [0.05, 0.1) is 6.10 Å². The molecule has 2 nitrogen and oxygen atoms in total. The molecule has 4 heteroatoms. The number of nitrogens with one attached hydrogen (secondary N) is 1. The van der Waals surface area contributed by atoms with Crippen molar-refractivity contribution in [1.82, 2.24) is 0 Å². The second kappa shape index (κ2) is 6.66. The number of thioether (sulfide) groups is 1. The summed E-state index contributed by atoms with van der Waals surface area (Å²) in [5.74, 6) is 1.13. The topological polar surface area (TPSA) is 21.3 Å². The van der Waals surface area contributed by atoms with Crippen molar-refractivity contribution in [3.05, 3.63) is 28.7 Å². The fourth-order valence-electron chi connectivity index (χ4n) is 1.94. The molecule has 1 saturated heterocycles. The van der Waals surface area contributed by atoms with Gasteiger partial charge >= 0.3 is 0 Å². The van der Waals surface area contributed by atoms with Crippen LogP contribution >= 0.6 is 27.7 Å². The minimum absolute atomic E-state index is 0.422. The van der Waals surface area contributed by atoms with Gasteiger partial charge in [-0.05, 0) is 31.5 Å². The maximum absolute atomic E-state index is 5.55. The standard InChI is InChI=1S/C13H18BrNOS/c1-10-13(5-7-16-10)17-8-6-15-12-4-2-3-11(14)9-12/h2-4,9-10,13,15H,5-8H2,1H3. The largest absolute Gasteiger partial charge is 0.384 e. The van der Waals surface area contributed by atoms with Crippen LogP contribution in [0.3, 0.4) is 0 Å². The van der Waals surface area contributed by atoms with Crippen molar-refractivity contribution in [3.63, 3.8) is 0 Å². The molecule has 17 heavy (non-hydrogen) atoms. The number of ether oxygens (including phenoxy) is 1. The number of hydrogen-bond donors (Lipinski definition) is 1. The Kier molecular flexibility index (Phi) is 5.19. The summed E-state index contributed by atoms with van der Waals surface area (Å²) in [7, 11) is 0. The van der Waals surface area contributed by atoms with Crippen molar-refractivity contribution >= 4 is 33.4 Å². The first-order valence-corrected chi connectivity index (χ1v) is 7.82. The highest BCUT2D eigenvalue weighted by Crippen LogP contribution is 2.26. The average Bonchev–Trinajstić information content (AvgIpc) is 2.71. The van der Waals surface area contributed by atoms with Gasteiger partial charge in [0.2, 0.25) is 0 Å². The SMILES string of the molecule is CC1OCCC1SCCNc1cccc(Br)c1. The van der Waals surface area contributed by atoms with E-state index in [2.05, 4.69) is 40.3 Å². The van der Waals surface area contributed by atoms with Gasteiger partial charge in [-0.3, -0.25) is 0 Å². The number of halogens is 1. The molecule has 1 aromatic rings. The molecule has 1 heterocycles. The van der Waals surface area contributed by atoms with Gasteiger partial charge in [0, 0.05) is 34.3 Å². The van der Waals surface area contributed by atoms with E-state index in [1.165, 1.54) is 12.1 Å². The zero-order valence-electron chi connectivity index (χ0n) is 9.99. The molecule has 2 unspecified atom stereocenters. The Bertz CT molecular complexity index is 361. The third-order valence-electron chi connectivity index (χ3n) is 2.89. The summed E-state index contributed by atoms with van der Waals surface area (Å²) < 4.78 is 6.67. The third-order valence-corrected chi connectivity index (χ3v) is 4.87. The van der Waals surface area contributed by atoms with Crippen LogP contribution in [0.5, 0.6) is 0 Å². The van der Waals surface area contributed by atoms with E-state index in [4.69, 9.17) is 4.74 Å². The van der Waals surface area contributed by atoms with E-state index >= 15 is 0 Å². The molecule has 0 radical (unpaired) electrons. The van der Waals surface area contributed by atoms with Crippen LogP contribution in [0, 0.1) is 0 Å². The van der Waals surface area contributed by atoms with Crippen molar-refractivity contribution in [1.29, 1.82) is 0 Å². The molecule has 0 bridgehead atoms. The van der Waals surface area contributed by atoms with Crippen LogP contribution in [0.15, 0.2) is 28.7 Å². The van der Waals surface area contributed by atoms with Gasteiger partial charge in [-0.15, -0.1) is 0 Å². The van der Waals surface area contributed by atoms with E-state index in [0.29, 0.717) is 11.4 Å². The highest BCUT2D eigenvalue weighted by atomic mass is 79.9. The maximum Gasteiger partial charge on any atom is 0.0666 e. The Morgan fingerprint density at radius 3 is 3.12 bits per heavy atom.